The van der Waals surface area contributed by atoms with E-state index in [1.165, 1.54) is 12.8 Å². The number of fused-ring (bicyclic) bond motifs is 5. The van der Waals surface area contributed by atoms with E-state index in [-0.39, 0.29) is 0 Å². The van der Waals surface area contributed by atoms with Crippen LogP contribution in [-0.4, -0.2) is 0 Å². The maximum Gasteiger partial charge on any atom is -0.0266 e. The molecular formula is C22H38. The highest BCUT2D eigenvalue weighted by Gasteiger charge is 2.56. The minimum atomic E-state index is 0.724. The van der Waals surface area contributed by atoms with Crippen molar-refractivity contribution in [1.29, 1.82) is 0 Å². The summed E-state index contributed by atoms with van der Waals surface area (Å²) in [6, 6.07) is 0. The highest BCUT2D eigenvalue weighted by Crippen LogP contribution is 2.64. The van der Waals surface area contributed by atoms with Crippen molar-refractivity contribution in [2.24, 2.45) is 46.8 Å². The van der Waals surface area contributed by atoms with Crippen molar-refractivity contribution < 1.29 is 0 Å². The number of hydrogen-bond donors (Lipinski definition) is 0. The Morgan fingerprint density at radius 2 is 1.59 bits per heavy atom. The fourth-order valence-corrected chi connectivity index (χ4v) is 8.06. The smallest absolute Gasteiger partial charge is 0.0266 e. The van der Waals surface area contributed by atoms with E-state index in [4.69, 9.17) is 0 Å². The summed E-state index contributed by atoms with van der Waals surface area (Å²) in [7, 11) is 0. The van der Waals surface area contributed by atoms with Crippen molar-refractivity contribution in [2.45, 2.75) is 91.4 Å². The predicted octanol–water partition coefficient (Wildman–Crippen LogP) is 6.69. The van der Waals surface area contributed by atoms with E-state index in [9.17, 15) is 0 Å². The maximum atomic E-state index is 2.69. The van der Waals surface area contributed by atoms with Crippen LogP contribution >= 0.6 is 0 Å². The molecule has 4 saturated carbocycles. The van der Waals surface area contributed by atoms with Crippen LogP contribution in [0.3, 0.4) is 0 Å². The molecule has 8 atom stereocenters. The zero-order chi connectivity index (χ0) is 15.3. The van der Waals surface area contributed by atoms with Crippen LogP contribution in [0.1, 0.15) is 91.4 Å². The molecule has 0 saturated heterocycles. The second kappa shape index (κ2) is 5.82. The van der Waals surface area contributed by atoms with Crippen LogP contribution in [0.2, 0.25) is 0 Å². The Morgan fingerprint density at radius 3 is 2.36 bits per heavy atom. The predicted molar refractivity (Wildman–Crippen MR) is 94.7 cm³/mol. The summed E-state index contributed by atoms with van der Waals surface area (Å²) < 4.78 is 0. The van der Waals surface area contributed by atoms with Gasteiger partial charge in [-0.1, -0.05) is 40.0 Å². The third-order valence-corrected chi connectivity index (χ3v) is 9.34. The molecule has 4 aliphatic carbocycles. The Kier molecular flexibility index (Phi) is 4.10. The van der Waals surface area contributed by atoms with Gasteiger partial charge in [0.05, 0.1) is 0 Å². The average molecular weight is 303 g/mol. The SMILES string of the molecule is CCC1CCC2CC[C@@H]3[C@H](CC[C@]4(C)[C@@H](CC)CC[C@@H]34)[C@H]2C1. The molecule has 22 heavy (non-hydrogen) atoms. The van der Waals surface area contributed by atoms with E-state index in [1.807, 2.05) is 0 Å². The van der Waals surface area contributed by atoms with Crippen molar-refractivity contribution in [3.05, 3.63) is 0 Å². The summed E-state index contributed by atoms with van der Waals surface area (Å²) >= 11 is 0. The molecule has 126 valence electrons. The molecule has 0 bridgehead atoms. The monoisotopic (exact) mass is 302 g/mol. The van der Waals surface area contributed by atoms with E-state index >= 15 is 0 Å². The summed E-state index contributed by atoms with van der Waals surface area (Å²) in [4.78, 5) is 0. The molecule has 0 N–H and O–H groups in total. The largest absolute Gasteiger partial charge is 0.0651 e. The zero-order valence-electron chi connectivity index (χ0n) is 15.3. The third-order valence-electron chi connectivity index (χ3n) is 9.34. The Morgan fingerprint density at radius 1 is 0.773 bits per heavy atom. The normalized spacial score (nSPS) is 54.4. The fraction of sp³-hybridized carbons (Fsp3) is 1.00. The summed E-state index contributed by atoms with van der Waals surface area (Å²) in [5.74, 6) is 7.71. The van der Waals surface area contributed by atoms with Gasteiger partial charge in [-0.25, -0.2) is 0 Å². The van der Waals surface area contributed by atoms with Crippen molar-refractivity contribution in [3.8, 4) is 0 Å². The molecular weight excluding hydrogens is 264 g/mol. The van der Waals surface area contributed by atoms with Crippen molar-refractivity contribution in [3.63, 3.8) is 0 Å². The third kappa shape index (κ3) is 2.22. The molecule has 0 nitrogen and oxygen atoms in total. The first-order valence-electron chi connectivity index (χ1n) is 10.7. The second-order valence-electron chi connectivity index (χ2n) is 9.75. The van der Waals surface area contributed by atoms with Crippen LogP contribution in [0, 0.1) is 46.8 Å². The summed E-state index contributed by atoms with van der Waals surface area (Å²) in [6.45, 7) is 7.58. The first-order chi connectivity index (χ1) is 10.7. The van der Waals surface area contributed by atoms with Crippen molar-refractivity contribution in [1.82, 2.24) is 0 Å². The van der Waals surface area contributed by atoms with E-state index in [0.29, 0.717) is 0 Å². The molecule has 4 fully saturated rings. The molecule has 0 radical (unpaired) electrons. The molecule has 0 spiro atoms. The molecule has 4 aliphatic rings. The van der Waals surface area contributed by atoms with Gasteiger partial charge in [-0.05, 0) is 98.2 Å². The first kappa shape index (κ1) is 15.5. The van der Waals surface area contributed by atoms with E-state index in [1.54, 1.807) is 57.8 Å². The van der Waals surface area contributed by atoms with Crippen LogP contribution in [0.5, 0.6) is 0 Å². The molecule has 0 aromatic carbocycles. The lowest BCUT2D eigenvalue weighted by Gasteiger charge is -2.56. The molecule has 0 aromatic heterocycles. The average Bonchev–Trinajstić information content (AvgIpc) is 2.90. The van der Waals surface area contributed by atoms with Gasteiger partial charge in [-0.15, -0.1) is 0 Å². The van der Waals surface area contributed by atoms with Crippen LogP contribution in [0.25, 0.3) is 0 Å². The van der Waals surface area contributed by atoms with Gasteiger partial charge in [0, 0.05) is 0 Å². The Hall–Kier alpha value is 0. The standard InChI is InChI=1S/C22H38/c1-4-15-6-7-16-8-10-19-18(20(16)14-15)12-13-22(3)17(5-2)9-11-21(19)22/h15-21H,4-14H2,1-3H3/t15?,16?,17-,18-,19+,20-,21-,22+/m0/s1. The number of hydrogen-bond acceptors (Lipinski definition) is 0. The summed E-state index contributed by atoms with van der Waals surface area (Å²) in [5.41, 5.74) is 0.724. The molecule has 0 heterocycles. The van der Waals surface area contributed by atoms with Gasteiger partial charge in [0.2, 0.25) is 0 Å². The Balaban J connectivity index is 1.55. The lowest BCUT2D eigenvalue weighted by Crippen LogP contribution is -2.48. The lowest BCUT2D eigenvalue weighted by molar-refractivity contribution is -0.0694. The first-order valence-corrected chi connectivity index (χ1v) is 10.7. The quantitative estimate of drug-likeness (QED) is 0.533. The summed E-state index contributed by atoms with van der Waals surface area (Å²) in [5, 5.41) is 0. The molecule has 2 unspecified atom stereocenters. The van der Waals surface area contributed by atoms with E-state index < -0.39 is 0 Å². The van der Waals surface area contributed by atoms with Crippen LogP contribution in [0.4, 0.5) is 0 Å². The van der Waals surface area contributed by atoms with E-state index in [2.05, 4.69) is 20.8 Å². The molecule has 4 rings (SSSR count). The van der Waals surface area contributed by atoms with Gasteiger partial charge in [-0.3, -0.25) is 0 Å². The molecule has 0 amide bonds. The number of rotatable bonds is 2. The van der Waals surface area contributed by atoms with Gasteiger partial charge in [-0.2, -0.15) is 0 Å². The van der Waals surface area contributed by atoms with Crippen molar-refractivity contribution in [2.75, 3.05) is 0 Å². The van der Waals surface area contributed by atoms with Crippen LogP contribution < -0.4 is 0 Å². The van der Waals surface area contributed by atoms with Crippen LogP contribution in [0.15, 0.2) is 0 Å². The molecule has 0 aromatic rings. The fourth-order valence-electron chi connectivity index (χ4n) is 8.06. The Labute approximate surface area is 138 Å². The second-order valence-corrected chi connectivity index (χ2v) is 9.75. The van der Waals surface area contributed by atoms with E-state index in [0.717, 1.165) is 46.8 Å². The van der Waals surface area contributed by atoms with Crippen molar-refractivity contribution >= 4 is 0 Å². The zero-order valence-corrected chi connectivity index (χ0v) is 15.3. The summed E-state index contributed by atoms with van der Waals surface area (Å²) in [6.07, 6.45) is 17.1. The maximum absolute atomic E-state index is 2.69. The van der Waals surface area contributed by atoms with Gasteiger partial charge >= 0.3 is 0 Å². The Bertz CT molecular complexity index is 399. The lowest BCUT2D eigenvalue weighted by atomic mass is 9.49. The molecule has 0 aliphatic heterocycles. The van der Waals surface area contributed by atoms with Crippen LogP contribution in [-0.2, 0) is 0 Å². The van der Waals surface area contributed by atoms with Gasteiger partial charge in [0.1, 0.15) is 0 Å². The van der Waals surface area contributed by atoms with Gasteiger partial charge in [0.15, 0.2) is 0 Å². The minimum Gasteiger partial charge on any atom is -0.0651 e. The highest BCUT2D eigenvalue weighted by molar-refractivity contribution is 5.05. The highest BCUT2D eigenvalue weighted by atomic mass is 14.6. The van der Waals surface area contributed by atoms with Gasteiger partial charge < -0.3 is 0 Å². The minimum absolute atomic E-state index is 0.724. The van der Waals surface area contributed by atoms with Gasteiger partial charge in [0.25, 0.3) is 0 Å². The topological polar surface area (TPSA) is 0 Å². The molecule has 0 heteroatoms.